The summed E-state index contributed by atoms with van der Waals surface area (Å²) < 4.78 is 2.99. The van der Waals surface area contributed by atoms with Crippen molar-refractivity contribution in [1.29, 1.82) is 0 Å². The van der Waals surface area contributed by atoms with Crippen molar-refractivity contribution in [2.24, 2.45) is 7.05 Å². The van der Waals surface area contributed by atoms with Crippen LogP contribution in [0.25, 0.3) is 11.0 Å². The summed E-state index contributed by atoms with van der Waals surface area (Å²) in [4.78, 5) is 12.3. The van der Waals surface area contributed by atoms with Crippen LogP contribution in [0.2, 0.25) is 0 Å². The molecule has 0 bridgehead atoms. The first-order valence-corrected chi connectivity index (χ1v) is 7.74. The predicted octanol–water partition coefficient (Wildman–Crippen LogP) is 0.837. The molecule has 1 fully saturated rings. The Hall–Kier alpha value is -1.76. The van der Waals surface area contributed by atoms with Crippen LogP contribution in [0.1, 0.15) is 38.5 Å². The molecule has 2 aromatic rings. The minimum absolute atomic E-state index is 0.115. The molecule has 1 N–H and O–H groups in total. The first-order valence-electron chi connectivity index (χ1n) is 7.74. The fourth-order valence-electron chi connectivity index (χ4n) is 2.98. The summed E-state index contributed by atoms with van der Waals surface area (Å²) in [7, 11) is 1.76. The summed E-state index contributed by atoms with van der Waals surface area (Å²) in [6, 6.07) is 0.582. The average molecular weight is 290 g/mol. The molecule has 114 valence electrons. The number of nitrogens with one attached hydrogen (secondary N) is 1. The van der Waals surface area contributed by atoms with Gasteiger partial charge in [0, 0.05) is 19.6 Å². The third-order valence-corrected chi connectivity index (χ3v) is 4.23. The molecule has 7 heteroatoms. The van der Waals surface area contributed by atoms with Crippen LogP contribution in [-0.4, -0.2) is 37.4 Å². The van der Waals surface area contributed by atoms with E-state index < -0.39 is 0 Å². The Balaban J connectivity index is 1.62. The fourth-order valence-corrected chi connectivity index (χ4v) is 2.98. The standard InChI is InChI=1S/C14H22N6O/c1-19-13-12(10-16-19)14(21)20(18-17-13)9-8-15-11-6-4-2-3-5-7-11/h10-11,15H,2-9H2,1H3. The van der Waals surface area contributed by atoms with E-state index in [1.807, 2.05) is 0 Å². The van der Waals surface area contributed by atoms with Crippen LogP contribution in [0.5, 0.6) is 0 Å². The normalized spacial score (nSPS) is 17.2. The molecule has 0 radical (unpaired) electrons. The summed E-state index contributed by atoms with van der Waals surface area (Å²) >= 11 is 0. The highest BCUT2D eigenvalue weighted by molar-refractivity contribution is 5.72. The summed E-state index contributed by atoms with van der Waals surface area (Å²) in [5, 5.41) is 16.2. The van der Waals surface area contributed by atoms with E-state index in [1.54, 1.807) is 17.9 Å². The molecule has 0 aliphatic heterocycles. The Bertz CT molecular complexity index is 653. The van der Waals surface area contributed by atoms with Gasteiger partial charge in [0.25, 0.3) is 5.56 Å². The van der Waals surface area contributed by atoms with Gasteiger partial charge in [-0.15, -0.1) is 5.10 Å². The van der Waals surface area contributed by atoms with Crippen molar-refractivity contribution in [2.75, 3.05) is 6.54 Å². The summed E-state index contributed by atoms with van der Waals surface area (Å²) in [5.74, 6) is 0. The zero-order valence-corrected chi connectivity index (χ0v) is 12.5. The van der Waals surface area contributed by atoms with Crippen LogP contribution in [0.15, 0.2) is 11.0 Å². The maximum atomic E-state index is 12.3. The molecule has 1 aliphatic carbocycles. The van der Waals surface area contributed by atoms with Crippen molar-refractivity contribution in [2.45, 2.75) is 51.1 Å². The van der Waals surface area contributed by atoms with Crippen molar-refractivity contribution < 1.29 is 0 Å². The Morgan fingerprint density at radius 2 is 2.05 bits per heavy atom. The highest BCUT2D eigenvalue weighted by Crippen LogP contribution is 2.16. The fraction of sp³-hybridized carbons (Fsp3) is 0.714. The minimum atomic E-state index is -0.115. The van der Waals surface area contributed by atoms with Gasteiger partial charge >= 0.3 is 0 Å². The molecule has 7 nitrogen and oxygen atoms in total. The Morgan fingerprint density at radius 3 is 2.81 bits per heavy atom. The van der Waals surface area contributed by atoms with E-state index in [1.165, 1.54) is 43.2 Å². The van der Waals surface area contributed by atoms with Gasteiger partial charge < -0.3 is 5.32 Å². The van der Waals surface area contributed by atoms with Gasteiger partial charge in [-0.2, -0.15) is 5.10 Å². The van der Waals surface area contributed by atoms with E-state index in [2.05, 4.69) is 20.7 Å². The zero-order valence-electron chi connectivity index (χ0n) is 12.5. The number of aryl methyl sites for hydroxylation is 1. The van der Waals surface area contributed by atoms with Gasteiger partial charge in [0.2, 0.25) is 0 Å². The van der Waals surface area contributed by atoms with E-state index in [0.717, 1.165) is 6.54 Å². The topological polar surface area (TPSA) is 77.6 Å². The summed E-state index contributed by atoms with van der Waals surface area (Å²) in [6.45, 7) is 1.30. The van der Waals surface area contributed by atoms with Gasteiger partial charge in [0.15, 0.2) is 5.65 Å². The first-order chi connectivity index (χ1) is 10.3. The second-order valence-corrected chi connectivity index (χ2v) is 5.77. The lowest BCUT2D eigenvalue weighted by Gasteiger charge is -2.16. The van der Waals surface area contributed by atoms with Crippen molar-refractivity contribution >= 4 is 11.0 Å². The second-order valence-electron chi connectivity index (χ2n) is 5.77. The maximum Gasteiger partial charge on any atom is 0.280 e. The minimum Gasteiger partial charge on any atom is -0.312 e. The molecular formula is C14H22N6O. The molecule has 0 spiro atoms. The molecule has 1 aliphatic rings. The van der Waals surface area contributed by atoms with Crippen LogP contribution >= 0.6 is 0 Å². The van der Waals surface area contributed by atoms with E-state index in [4.69, 9.17) is 0 Å². The van der Waals surface area contributed by atoms with E-state index >= 15 is 0 Å². The van der Waals surface area contributed by atoms with E-state index in [0.29, 0.717) is 23.6 Å². The van der Waals surface area contributed by atoms with Crippen molar-refractivity contribution in [3.8, 4) is 0 Å². The highest BCUT2D eigenvalue weighted by atomic mass is 16.1. The van der Waals surface area contributed by atoms with Crippen LogP contribution in [0.4, 0.5) is 0 Å². The quantitative estimate of drug-likeness (QED) is 0.844. The number of nitrogens with zero attached hydrogens (tertiary/aromatic N) is 5. The Morgan fingerprint density at radius 1 is 1.29 bits per heavy atom. The molecule has 0 aromatic carbocycles. The molecule has 2 heterocycles. The molecule has 3 rings (SSSR count). The lowest BCUT2D eigenvalue weighted by Crippen LogP contribution is -2.34. The number of hydrogen-bond acceptors (Lipinski definition) is 5. The maximum absolute atomic E-state index is 12.3. The predicted molar refractivity (Wildman–Crippen MR) is 80.1 cm³/mol. The van der Waals surface area contributed by atoms with Crippen molar-refractivity contribution in [1.82, 2.24) is 30.1 Å². The second kappa shape index (κ2) is 6.34. The molecule has 1 saturated carbocycles. The van der Waals surface area contributed by atoms with Crippen molar-refractivity contribution in [3.05, 3.63) is 16.6 Å². The number of fused-ring (bicyclic) bond motifs is 1. The van der Waals surface area contributed by atoms with Gasteiger partial charge in [-0.25, -0.2) is 9.36 Å². The molecular weight excluding hydrogens is 268 g/mol. The lowest BCUT2D eigenvalue weighted by molar-refractivity contribution is 0.426. The molecule has 0 atom stereocenters. The van der Waals surface area contributed by atoms with Crippen LogP contribution < -0.4 is 10.9 Å². The smallest absolute Gasteiger partial charge is 0.280 e. The summed E-state index contributed by atoms with van der Waals surface area (Å²) in [5.41, 5.74) is 0.420. The lowest BCUT2D eigenvalue weighted by atomic mass is 10.1. The average Bonchev–Trinajstić information content (AvgIpc) is 2.71. The number of hydrogen-bond donors (Lipinski definition) is 1. The Kier molecular flexibility index (Phi) is 4.28. The SMILES string of the molecule is Cn1ncc2c(=O)n(CCNC3CCCCCC3)nnc21. The van der Waals surface area contributed by atoms with Crippen LogP contribution in [0, 0.1) is 0 Å². The summed E-state index contributed by atoms with van der Waals surface area (Å²) in [6.07, 6.45) is 9.34. The molecule has 0 unspecified atom stereocenters. The highest BCUT2D eigenvalue weighted by Gasteiger charge is 2.12. The number of aromatic nitrogens is 5. The monoisotopic (exact) mass is 290 g/mol. The van der Waals surface area contributed by atoms with Crippen LogP contribution in [0.3, 0.4) is 0 Å². The first kappa shape index (κ1) is 14.2. The largest absolute Gasteiger partial charge is 0.312 e. The molecule has 0 saturated heterocycles. The van der Waals surface area contributed by atoms with Gasteiger partial charge in [-0.3, -0.25) is 4.79 Å². The third-order valence-electron chi connectivity index (χ3n) is 4.23. The van der Waals surface area contributed by atoms with Gasteiger partial charge in [0.1, 0.15) is 5.39 Å². The van der Waals surface area contributed by atoms with E-state index in [9.17, 15) is 4.79 Å². The molecule has 21 heavy (non-hydrogen) atoms. The van der Waals surface area contributed by atoms with Gasteiger partial charge in [-0.05, 0) is 12.8 Å². The van der Waals surface area contributed by atoms with Crippen molar-refractivity contribution in [3.63, 3.8) is 0 Å². The zero-order chi connectivity index (χ0) is 14.7. The van der Waals surface area contributed by atoms with E-state index in [-0.39, 0.29) is 5.56 Å². The Labute approximate surface area is 123 Å². The molecule has 2 aromatic heterocycles. The molecule has 0 amide bonds. The van der Waals surface area contributed by atoms with Gasteiger partial charge in [0.05, 0.1) is 12.7 Å². The van der Waals surface area contributed by atoms with Gasteiger partial charge in [-0.1, -0.05) is 30.9 Å². The van der Waals surface area contributed by atoms with Crippen LogP contribution in [-0.2, 0) is 13.6 Å². The third kappa shape index (κ3) is 3.12. The number of rotatable bonds is 4.